The number of primary amides is 1. The Hall–Kier alpha value is -0.570. The van der Waals surface area contributed by atoms with Gasteiger partial charge in [-0.2, -0.15) is 0 Å². The monoisotopic (exact) mass is 210 g/mol. The zero-order valence-corrected chi connectivity index (χ0v) is 9.45. The molecule has 3 heteroatoms. The smallest absolute Gasteiger partial charge is 0.234 e. The summed E-state index contributed by atoms with van der Waals surface area (Å²) in [5, 5.41) is 0. The van der Waals surface area contributed by atoms with E-state index in [1.54, 1.807) is 0 Å². The molecule has 3 nitrogen and oxygen atoms in total. The van der Waals surface area contributed by atoms with Crippen LogP contribution < -0.4 is 5.73 Å². The van der Waals surface area contributed by atoms with Crippen molar-refractivity contribution in [3.8, 4) is 0 Å². The molecule has 0 aromatic rings. The van der Waals surface area contributed by atoms with Crippen molar-refractivity contribution < 1.29 is 4.79 Å². The van der Waals surface area contributed by atoms with Crippen LogP contribution in [-0.2, 0) is 4.79 Å². The van der Waals surface area contributed by atoms with Gasteiger partial charge in [0.25, 0.3) is 0 Å². The lowest BCUT2D eigenvalue weighted by atomic mass is 10.1. The number of rotatable bonds is 2. The zero-order valence-electron chi connectivity index (χ0n) is 9.45. The molecule has 1 saturated carbocycles. The van der Waals surface area contributed by atoms with Gasteiger partial charge in [0.2, 0.25) is 5.91 Å². The molecule has 2 fully saturated rings. The van der Waals surface area contributed by atoms with Crippen LogP contribution in [0.5, 0.6) is 0 Å². The third-order valence-electron chi connectivity index (χ3n) is 3.92. The molecule has 1 amide bonds. The van der Waals surface area contributed by atoms with Gasteiger partial charge in [-0.05, 0) is 32.2 Å². The molecule has 15 heavy (non-hydrogen) atoms. The summed E-state index contributed by atoms with van der Waals surface area (Å²) in [5.74, 6) is -0.114. The fourth-order valence-corrected chi connectivity index (χ4v) is 3.12. The van der Waals surface area contributed by atoms with Crippen LogP contribution in [0.2, 0.25) is 0 Å². The van der Waals surface area contributed by atoms with Gasteiger partial charge in [0.1, 0.15) is 0 Å². The molecule has 0 aromatic carbocycles. The van der Waals surface area contributed by atoms with Crippen molar-refractivity contribution in [2.24, 2.45) is 5.73 Å². The fourth-order valence-electron chi connectivity index (χ4n) is 3.12. The molecular formula is C12H22N2O. The maximum atomic E-state index is 11.3. The van der Waals surface area contributed by atoms with Gasteiger partial charge in [0, 0.05) is 6.04 Å². The molecular weight excluding hydrogens is 188 g/mol. The first-order chi connectivity index (χ1) is 7.29. The average molecular weight is 210 g/mol. The summed E-state index contributed by atoms with van der Waals surface area (Å²) >= 11 is 0. The second-order valence-electron chi connectivity index (χ2n) is 4.94. The molecule has 0 radical (unpaired) electrons. The van der Waals surface area contributed by atoms with E-state index >= 15 is 0 Å². The van der Waals surface area contributed by atoms with E-state index in [9.17, 15) is 4.79 Å². The highest BCUT2D eigenvalue weighted by Gasteiger charge is 2.33. The predicted molar refractivity (Wildman–Crippen MR) is 60.4 cm³/mol. The summed E-state index contributed by atoms with van der Waals surface area (Å²) in [6, 6.07) is 0.667. The molecule has 2 N–H and O–H groups in total. The minimum absolute atomic E-state index is 0.0353. The number of carbonyl (C=O) groups excluding carboxylic acids is 1. The first kappa shape index (κ1) is 10.9. The van der Waals surface area contributed by atoms with Crippen molar-refractivity contribution in [1.29, 1.82) is 0 Å². The van der Waals surface area contributed by atoms with Gasteiger partial charge < -0.3 is 5.73 Å². The standard InChI is InChI=1S/C12H22N2O/c13-12(15)11-8-5-9-14(11)10-6-3-1-2-4-7-10/h10-11H,1-9H2,(H2,13,15)/t11-/m0/s1. The van der Waals surface area contributed by atoms with Gasteiger partial charge in [0.15, 0.2) is 0 Å². The minimum Gasteiger partial charge on any atom is -0.368 e. The number of nitrogens with zero attached hydrogens (tertiary/aromatic N) is 1. The van der Waals surface area contributed by atoms with Crippen LogP contribution in [0.3, 0.4) is 0 Å². The van der Waals surface area contributed by atoms with Crippen LogP contribution in [0, 0.1) is 0 Å². The summed E-state index contributed by atoms with van der Waals surface area (Å²) in [5.41, 5.74) is 5.45. The highest BCUT2D eigenvalue weighted by molar-refractivity contribution is 5.80. The van der Waals surface area contributed by atoms with Crippen LogP contribution in [0.15, 0.2) is 0 Å². The molecule has 1 atom stereocenters. The normalized spacial score (nSPS) is 30.3. The molecule has 0 unspecified atom stereocenters. The molecule has 1 heterocycles. The number of amides is 1. The Kier molecular flexibility index (Phi) is 3.62. The van der Waals surface area contributed by atoms with Gasteiger partial charge in [-0.3, -0.25) is 9.69 Å². The number of carbonyl (C=O) groups is 1. The Morgan fingerprint density at radius 2 is 1.67 bits per heavy atom. The maximum Gasteiger partial charge on any atom is 0.234 e. The molecule has 1 saturated heterocycles. The summed E-state index contributed by atoms with van der Waals surface area (Å²) in [7, 11) is 0. The van der Waals surface area contributed by atoms with E-state index in [0.717, 1.165) is 19.4 Å². The lowest BCUT2D eigenvalue weighted by Crippen LogP contribution is -2.45. The second kappa shape index (κ2) is 4.97. The first-order valence-corrected chi connectivity index (χ1v) is 6.34. The number of hydrogen-bond acceptors (Lipinski definition) is 2. The zero-order chi connectivity index (χ0) is 10.7. The van der Waals surface area contributed by atoms with Crippen LogP contribution in [0.1, 0.15) is 51.4 Å². The van der Waals surface area contributed by atoms with Crippen molar-refractivity contribution >= 4 is 5.91 Å². The number of hydrogen-bond donors (Lipinski definition) is 1. The van der Waals surface area contributed by atoms with Gasteiger partial charge in [0.05, 0.1) is 6.04 Å². The molecule has 1 aliphatic carbocycles. The third-order valence-corrected chi connectivity index (χ3v) is 3.92. The summed E-state index contributed by atoms with van der Waals surface area (Å²) < 4.78 is 0. The van der Waals surface area contributed by atoms with Crippen molar-refractivity contribution in [3.05, 3.63) is 0 Å². The SMILES string of the molecule is NC(=O)[C@@H]1CCCN1C1CCCCCC1. The average Bonchev–Trinajstić information content (AvgIpc) is 2.55. The van der Waals surface area contributed by atoms with Crippen LogP contribution >= 0.6 is 0 Å². The number of likely N-dealkylation sites (tertiary alicyclic amines) is 1. The first-order valence-electron chi connectivity index (χ1n) is 6.34. The van der Waals surface area contributed by atoms with Crippen LogP contribution in [-0.4, -0.2) is 29.4 Å². The summed E-state index contributed by atoms with van der Waals surface area (Å²) in [6.07, 6.45) is 10.0. The van der Waals surface area contributed by atoms with Crippen LogP contribution in [0.4, 0.5) is 0 Å². The quantitative estimate of drug-likeness (QED) is 0.705. The highest BCUT2D eigenvalue weighted by Crippen LogP contribution is 2.28. The topological polar surface area (TPSA) is 46.3 Å². The fraction of sp³-hybridized carbons (Fsp3) is 0.917. The second-order valence-corrected chi connectivity index (χ2v) is 4.94. The lowest BCUT2D eigenvalue weighted by molar-refractivity contribution is -0.123. The Morgan fingerprint density at radius 3 is 2.27 bits per heavy atom. The molecule has 2 aliphatic rings. The van der Waals surface area contributed by atoms with E-state index in [1.165, 1.54) is 38.5 Å². The van der Waals surface area contributed by atoms with E-state index in [1.807, 2.05) is 0 Å². The number of nitrogens with two attached hydrogens (primary N) is 1. The predicted octanol–water partition coefficient (Wildman–Crippen LogP) is 1.66. The molecule has 1 aliphatic heterocycles. The Morgan fingerprint density at radius 1 is 1.00 bits per heavy atom. The van der Waals surface area contributed by atoms with Crippen molar-refractivity contribution in [3.63, 3.8) is 0 Å². The van der Waals surface area contributed by atoms with E-state index < -0.39 is 0 Å². The van der Waals surface area contributed by atoms with Gasteiger partial charge in [-0.25, -0.2) is 0 Å². The summed E-state index contributed by atoms with van der Waals surface area (Å²) in [6.45, 7) is 1.08. The molecule has 86 valence electrons. The Balaban J connectivity index is 1.97. The maximum absolute atomic E-state index is 11.3. The minimum atomic E-state index is -0.114. The highest BCUT2D eigenvalue weighted by atomic mass is 16.1. The van der Waals surface area contributed by atoms with E-state index in [4.69, 9.17) is 5.73 Å². The van der Waals surface area contributed by atoms with E-state index in [-0.39, 0.29) is 11.9 Å². The van der Waals surface area contributed by atoms with Crippen molar-refractivity contribution in [2.45, 2.75) is 63.5 Å². The molecule has 0 aromatic heterocycles. The van der Waals surface area contributed by atoms with Crippen molar-refractivity contribution in [1.82, 2.24) is 4.90 Å². The lowest BCUT2D eigenvalue weighted by Gasteiger charge is -2.30. The largest absolute Gasteiger partial charge is 0.368 e. The third kappa shape index (κ3) is 2.51. The molecule has 0 bridgehead atoms. The Labute approximate surface area is 92.0 Å². The van der Waals surface area contributed by atoms with Crippen LogP contribution in [0.25, 0.3) is 0 Å². The van der Waals surface area contributed by atoms with Gasteiger partial charge in [-0.1, -0.05) is 25.7 Å². The van der Waals surface area contributed by atoms with Crippen molar-refractivity contribution in [2.75, 3.05) is 6.54 Å². The van der Waals surface area contributed by atoms with Gasteiger partial charge in [-0.15, -0.1) is 0 Å². The molecule has 0 spiro atoms. The van der Waals surface area contributed by atoms with E-state index in [0.29, 0.717) is 6.04 Å². The molecule has 2 rings (SSSR count). The summed E-state index contributed by atoms with van der Waals surface area (Å²) in [4.78, 5) is 13.7. The Bertz CT molecular complexity index is 222. The van der Waals surface area contributed by atoms with Gasteiger partial charge >= 0.3 is 0 Å². The van der Waals surface area contributed by atoms with E-state index in [2.05, 4.69) is 4.90 Å².